The van der Waals surface area contributed by atoms with Gasteiger partial charge in [-0.1, -0.05) is 37.3 Å². The molecule has 0 bridgehead atoms. The fraction of sp³-hybridized carbons (Fsp3) is 0.389. The summed E-state index contributed by atoms with van der Waals surface area (Å²) in [6.45, 7) is 4.11. The van der Waals surface area contributed by atoms with E-state index >= 15 is 0 Å². The fourth-order valence-electron chi connectivity index (χ4n) is 2.81. The molecule has 1 aromatic heterocycles. The van der Waals surface area contributed by atoms with Crippen LogP contribution in [0, 0.1) is 5.92 Å². The molecule has 2 aromatic rings. The van der Waals surface area contributed by atoms with E-state index in [9.17, 15) is 9.59 Å². The Morgan fingerprint density at radius 2 is 1.83 bits per heavy atom. The van der Waals surface area contributed by atoms with E-state index in [2.05, 4.69) is 12.0 Å². The average Bonchev–Trinajstić information content (AvgIpc) is 2.58. The Hall–Kier alpha value is -2.43. The second-order valence-electron chi connectivity index (χ2n) is 6.17. The van der Waals surface area contributed by atoms with Gasteiger partial charge < -0.3 is 4.90 Å². The van der Waals surface area contributed by atoms with E-state index in [4.69, 9.17) is 0 Å². The Morgan fingerprint density at radius 1 is 1.13 bits per heavy atom. The molecular formula is C18H21N3O2. The van der Waals surface area contributed by atoms with Crippen LogP contribution in [-0.2, 0) is 6.54 Å². The second-order valence-corrected chi connectivity index (χ2v) is 6.17. The molecule has 0 radical (unpaired) electrons. The van der Waals surface area contributed by atoms with E-state index < -0.39 is 0 Å². The maximum atomic E-state index is 12.6. The molecule has 3 rings (SSSR count). The van der Waals surface area contributed by atoms with Crippen molar-refractivity contribution in [3.8, 4) is 0 Å². The van der Waals surface area contributed by atoms with Gasteiger partial charge in [-0.2, -0.15) is 5.10 Å². The van der Waals surface area contributed by atoms with Gasteiger partial charge in [-0.25, -0.2) is 4.68 Å². The Kier molecular flexibility index (Phi) is 4.55. The topological polar surface area (TPSA) is 55.2 Å². The number of rotatable bonds is 3. The van der Waals surface area contributed by atoms with Gasteiger partial charge in [0, 0.05) is 19.2 Å². The van der Waals surface area contributed by atoms with Crippen LogP contribution in [0.15, 0.2) is 47.3 Å². The van der Waals surface area contributed by atoms with Gasteiger partial charge in [0.25, 0.3) is 11.5 Å². The third-order valence-electron chi connectivity index (χ3n) is 4.33. The highest BCUT2D eigenvalue weighted by atomic mass is 16.2. The van der Waals surface area contributed by atoms with Gasteiger partial charge in [-0.05, 0) is 30.4 Å². The number of piperidine rings is 1. The molecule has 0 aliphatic carbocycles. The van der Waals surface area contributed by atoms with Crippen LogP contribution in [0.4, 0.5) is 0 Å². The maximum Gasteiger partial charge on any atom is 0.274 e. The summed E-state index contributed by atoms with van der Waals surface area (Å²) in [7, 11) is 0. The van der Waals surface area contributed by atoms with Crippen molar-refractivity contribution in [3.63, 3.8) is 0 Å². The highest BCUT2D eigenvalue weighted by molar-refractivity contribution is 5.92. The van der Waals surface area contributed by atoms with Gasteiger partial charge >= 0.3 is 0 Å². The van der Waals surface area contributed by atoms with Gasteiger partial charge in [0.1, 0.15) is 5.69 Å². The van der Waals surface area contributed by atoms with Crippen LogP contribution in [0.25, 0.3) is 0 Å². The maximum absolute atomic E-state index is 12.6. The van der Waals surface area contributed by atoms with Gasteiger partial charge in [-0.3, -0.25) is 9.59 Å². The summed E-state index contributed by atoms with van der Waals surface area (Å²) in [5.74, 6) is 0.581. The Labute approximate surface area is 135 Å². The van der Waals surface area contributed by atoms with Crippen LogP contribution < -0.4 is 5.56 Å². The summed E-state index contributed by atoms with van der Waals surface area (Å²) < 4.78 is 1.36. The van der Waals surface area contributed by atoms with E-state index in [0.29, 0.717) is 18.2 Å². The van der Waals surface area contributed by atoms with Crippen molar-refractivity contribution in [2.24, 2.45) is 5.92 Å². The number of carbonyl (C=O) groups is 1. The molecule has 0 N–H and O–H groups in total. The van der Waals surface area contributed by atoms with E-state index in [0.717, 1.165) is 31.5 Å². The number of hydrogen-bond acceptors (Lipinski definition) is 3. The lowest BCUT2D eigenvalue weighted by atomic mass is 9.99. The predicted octanol–water partition coefficient (Wildman–Crippen LogP) is 2.16. The van der Waals surface area contributed by atoms with E-state index in [1.807, 2.05) is 35.2 Å². The number of hydrogen-bond donors (Lipinski definition) is 0. The predicted molar refractivity (Wildman–Crippen MR) is 88.3 cm³/mol. The smallest absolute Gasteiger partial charge is 0.274 e. The van der Waals surface area contributed by atoms with Crippen LogP contribution in [0.1, 0.15) is 35.8 Å². The van der Waals surface area contributed by atoms with E-state index in [-0.39, 0.29) is 11.5 Å². The lowest BCUT2D eigenvalue weighted by Crippen LogP contribution is -2.39. The molecule has 0 spiro atoms. The Bertz CT molecular complexity index is 731. The van der Waals surface area contributed by atoms with Crippen LogP contribution >= 0.6 is 0 Å². The third-order valence-corrected chi connectivity index (χ3v) is 4.33. The summed E-state index contributed by atoms with van der Waals surface area (Å²) in [6, 6.07) is 12.6. The molecule has 23 heavy (non-hydrogen) atoms. The lowest BCUT2D eigenvalue weighted by molar-refractivity contribution is 0.0688. The fourth-order valence-corrected chi connectivity index (χ4v) is 2.81. The average molecular weight is 311 g/mol. The highest BCUT2D eigenvalue weighted by Gasteiger charge is 2.22. The molecule has 5 nitrogen and oxygen atoms in total. The van der Waals surface area contributed by atoms with Crippen molar-refractivity contribution in [3.05, 3.63) is 64.1 Å². The van der Waals surface area contributed by atoms with Gasteiger partial charge in [-0.15, -0.1) is 0 Å². The minimum absolute atomic E-state index is 0.0845. The van der Waals surface area contributed by atoms with Gasteiger partial charge in [0.15, 0.2) is 0 Å². The lowest BCUT2D eigenvalue weighted by Gasteiger charge is -2.30. The Morgan fingerprint density at radius 3 is 2.52 bits per heavy atom. The first kappa shape index (κ1) is 15.5. The van der Waals surface area contributed by atoms with E-state index in [1.165, 1.54) is 16.8 Å². The first-order chi connectivity index (χ1) is 11.1. The monoisotopic (exact) mass is 311 g/mol. The quantitative estimate of drug-likeness (QED) is 0.873. The summed E-state index contributed by atoms with van der Waals surface area (Å²) in [5, 5.41) is 4.27. The molecule has 1 saturated heterocycles. The van der Waals surface area contributed by atoms with Crippen LogP contribution in [-0.4, -0.2) is 33.7 Å². The van der Waals surface area contributed by atoms with Gasteiger partial charge in [0.2, 0.25) is 0 Å². The number of nitrogens with zero attached hydrogens (tertiary/aromatic N) is 3. The normalized spacial score (nSPS) is 15.6. The first-order valence-corrected chi connectivity index (χ1v) is 8.05. The number of benzene rings is 1. The molecular weight excluding hydrogens is 290 g/mol. The van der Waals surface area contributed by atoms with Crippen molar-refractivity contribution < 1.29 is 4.79 Å². The number of aromatic nitrogens is 2. The molecule has 1 amide bonds. The van der Waals surface area contributed by atoms with Crippen LogP contribution in [0.2, 0.25) is 0 Å². The zero-order chi connectivity index (χ0) is 16.2. The van der Waals surface area contributed by atoms with Crippen LogP contribution in [0.5, 0.6) is 0 Å². The number of amides is 1. The molecule has 1 fully saturated rings. The highest BCUT2D eigenvalue weighted by Crippen LogP contribution is 2.17. The number of carbonyl (C=O) groups excluding carboxylic acids is 1. The summed E-state index contributed by atoms with van der Waals surface area (Å²) >= 11 is 0. The largest absolute Gasteiger partial charge is 0.337 e. The first-order valence-electron chi connectivity index (χ1n) is 8.05. The Balaban J connectivity index is 1.80. The minimum Gasteiger partial charge on any atom is -0.337 e. The minimum atomic E-state index is -0.197. The molecule has 1 aliphatic heterocycles. The molecule has 5 heteroatoms. The van der Waals surface area contributed by atoms with Crippen molar-refractivity contribution in [2.45, 2.75) is 26.3 Å². The molecule has 0 atom stereocenters. The second kappa shape index (κ2) is 6.77. The summed E-state index contributed by atoms with van der Waals surface area (Å²) in [4.78, 5) is 26.4. The van der Waals surface area contributed by atoms with Gasteiger partial charge in [0.05, 0.1) is 6.54 Å². The molecule has 1 aromatic carbocycles. The van der Waals surface area contributed by atoms with Crippen molar-refractivity contribution >= 4 is 5.91 Å². The van der Waals surface area contributed by atoms with Crippen molar-refractivity contribution in [2.75, 3.05) is 13.1 Å². The SMILES string of the molecule is CC1CCN(C(=O)c2ccc(=O)n(Cc3ccccc3)n2)CC1. The number of likely N-dealkylation sites (tertiary alicyclic amines) is 1. The summed E-state index contributed by atoms with van der Waals surface area (Å²) in [5.41, 5.74) is 1.13. The van der Waals surface area contributed by atoms with Crippen molar-refractivity contribution in [1.82, 2.24) is 14.7 Å². The summed E-state index contributed by atoms with van der Waals surface area (Å²) in [6.07, 6.45) is 2.05. The van der Waals surface area contributed by atoms with Crippen LogP contribution in [0.3, 0.4) is 0 Å². The molecule has 120 valence electrons. The third kappa shape index (κ3) is 3.67. The molecule has 0 unspecified atom stereocenters. The molecule has 0 saturated carbocycles. The van der Waals surface area contributed by atoms with E-state index in [1.54, 1.807) is 0 Å². The zero-order valence-corrected chi connectivity index (χ0v) is 13.3. The van der Waals surface area contributed by atoms with Crippen molar-refractivity contribution in [1.29, 1.82) is 0 Å². The zero-order valence-electron chi connectivity index (χ0n) is 13.3. The molecule has 2 heterocycles. The standard InChI is InChI=1S/C18H21N3O2/c1-14-9-11-20(12-10-14)18(23)16-7-8-17(22)21(19-16)13-15-5-3-2-4-6-15/h2-8,14H,9-13H2,1H3. The molecule has 1 aliphatic rings.